The topological polar surface area (TPSA) is 110 Å². The van der Waals surface area contributed by atoms with Gasteiger partial charge in [0.25, 0.3) is 0 Å². The minimum Gasteiger partial charge on any atom is -0.394 e. The Morgan fingerprint density at radius 1 is 0.950 bits per heavy atom. The van der Waals surface area contributed by atoms with Crippen molar-refractivity contribution in [3.63, 3.8) is 0 Å². The van der Waals surface area contributed by atoms with Crippen molar-refractivity contribution in [2.75, 3.05) is 6.61 Å². The minimum atomic E-state index is -1.51. The second kappa shape index (κ2) is 6.68. The van der Waals surface area contributed by atoms with Crippen LogP contribution in [0.15, 0.2) is 0 Å². The molecule has 6 heteroatoms. The lowest BCUT2D eigenvalue weighted by Gasteiger charge is -2.19. The summed E-state index contributed by atoms with van der Waals surface area (Å²) in [6, 6.07) is 0. The number of hydrogen-bond donors (Lipinski definition) is 5. The third-order valence-electron chi connectivity index (χ3n) is 4.71. The van der Waals surface area contributed by atoms with Crippen molar-refractivity contribution in [1.29, 1.82) is 0 Å². The Hall–Kier alpha value is -0.240. The zero-order chi connectivity index (χ0) is 14.8. The second-order valence-corrected chi connectivity index (χ2v) is 6.28. The first kappa shape index (κ1) is 16.1. The van der Waals surface area contributed by atoms with E-state index in [1.807, 2.05) is 0 Å². The lowest BCUT2D eigenvalue weighted by atomic mass is 9.87. The van der Waals surface area contributed by atoms with E-state index in [2.05, 4.69) is 4.74 Å². The van der Waals surface area contributed by atoms with Crippen LogP contribution in [0.1, 0.15) is 44.9 Å². The van der Waals surface area contributed by atoms with Gasteiger partial charge in [-0.3, -0.25) is 0 Å². The van der Waals surface area contributed by atoms with Crippen LogP contribution in [0, 0.1) is 5.41 Å². The van der Waals surface area contributed by atoms with Crippen LogP contribution in [0.3, 0.4) is 0 Å². The molecule has 20 heavy (non-hydrogen) atoms. The normalized spacial score (nSPS) is 40.0. The van der Waals surface area contributed by atoms with E-state index in [1.54, 1.807) is 25.7 Å². The lowest BCUT2D eigenvalue weighted by Crippen LogP contribution is -2.40. The number of hydrogen-bond acceptors (Lipinski definition) is 6. The van der Waals surface area contributed by atoms with Gasteiger partial charge in [0, 0.05) is 0 Å². The summed E-state index contributed by atoms with van der Waals surface area (Å²) in [6.07, 6.45) is 4.07. The lowest BCUT2D eigenvalue weighted by molar-refractivity contribution is -0.150. The van der Waals surface area contributed by atoms with Crippen LogP contribution in [-0.2, 0) is 4.74 Å². The minimum absolute atomic E-state index is 0.596. The monoisotopic (exact) mass is 290 g/mol. The van der Waals surface area contributed by atoms with Gasteiger partial charge in [0.05, 0.1) is 6.61 Å². The van der Waals surface area contributed by atoms with E-state index in [1.165, 1.54) is 19.3 Å². The largest absolute Gasteiger partial charge is 0.394 e. The van der Waals surface area contributed by atoms with Gasteiger partial charge in [-0.1, -0.05) is 19.3 Å². The van der Waals surface area contributed by atoms with E-state index in [0.29, 0.717) is 0 Å². The molecule has 0 unspecified atom stereocenters. The maximum atomic E-state index is 9.12. The molecule has 0 aromatic heterocycles. The van der Waals surface area contributed by atoms with Crippen molar-refractivity contribution in [2.24, 2.45) is 5.41 Å². The molecule has 3 fully saturated rings. The third kappa shape index (κ3) is 3.69. The van der Waals surface area contributed by atoms with Crippen molar-refractivity contribution < 1.29 is 30.3 Å². The van der Waals surface area contributed by atoms with E-state index >= 15 is 0 Å². The standard InChI is InChI=1S/C8H14.C6H12O6/c1-2-4-8(5-3-1)6-7-8;7-1-2(8)5-3(9)4(10)6(11)12-5/h1-7H2;2-11H,1H2/t;2-,3-,4-,5-,6+/m.1/s1. The average Bonchev–Trinajstić information content (AvgIpc) is 3.16. The molecule has 118 valence electrons. The van der Waals surface area contributed by atoms with Gasteiger partial charge >= 0.3 is 0 Å². The summed E-state index contributed by atoms with van der Waals surface area (Å²) >= 11 is 0. The number of aliphatic hydroxyl groups is 5. The maximum Gasteiger partial charge on any atom is 0.184 e. The quantitative estimate of drug-likeness (QED) is 0.469. The SMILES string of the molecule is C1CCC2(CC1)CC2.OC[C@@H](O)[C@H]1O[C@H](O)[C@H](O)[C@H]1O. The summed E-state index contributed by atoms with van der Waals surface area (Å²) in [5, 5.41) is 44.4. The van der Waals surface area contributed by atoms with Crippen LogP contribution in [0.2, 0.25) is 0 Å². The van der Waals surface area contributed by atoms with Gasteiger partial charge < -0.3 is 30.3 Å². The molecule has 3 rings (SSSR count). The molecule has 1 aliphatic heterocycles. The zero-order valence-electron chi connectivity index (χ0n) is 11.7. The molecule has 2 aliphatic carbocycles. The fourth-order valence-electron chi connectivity index (χ4n) is 3.09. The van der Waals surface area contributed by atoms with Crippen molar-refractivity contribution in [3.05, 3.63) is 0 Å². The molecule has 0 bridgehead atoms. The summed E-state index contributed by atoms with van der Waals surface area (Å²) in [6.45, 7) is -0.596. The van der Waals surface area contributed by atoms with Crippen molar-refractivity contribution >= 4 is 0 Å². The summed E-state index contributed by atoms with van der Waals surface area (Å²) in [4.78, 5) is 0. The molecule has 0 aromatic carbocycles. The van der Waals surface area contributed by atoms with Crippen molar-refractivity contribution in [3.8, 4) is 0 Å². The smallest absolute Gasteiger partial charge is 0.184 e. The van der Waals surface area contributed by atoms with Crippen LogP contribution in [-0.4, -0.2) is 62.8 Å². The maximum absolute atomic E-state index is 9.12. The number of rotatable bonds is 2. The summed E-state index contributed by atoms with van der Waals surface area (Å²) in [5.41, 5.74) is 0.929. The van der Waals surface area contributed by atoms with Crippen molar-refractivity contribution in [1.82, 2.24) is 0 Å². The summed E-state index contributed by atoms with van der Waals surface area (Å²) < 4.78 is 4.58. The van der Waals surface area contributed by atoms with Gasteiger partial charge in [-0.15, -0.1) is 0 Å². The average molecular weight is 290 g/mol. The highest BCUT2D eigenvalue weighted by atomic mass is 16.6. The molecule has 6 nitrogen and oxygen atoms in total. The highest BCUT2D eigenvalue weighted by Gasteiger charge is 2.45. The second-order valence-electron chi connectivity index (χ2n) is 6.28. The van der Waals surface area contributed by atoms with Gasteiger partial charge in [-0.25, -0.2) is 0 Å². The Balaban J connectivity index is 0.000000157. The van der Waals surface area contributed by atoms with Gasteiger partial charge in [0.2, 0.25) is 0 Å². The Bertz CT molecular complexity index is 298. The fourth-order valence-corrected chi connectivity index (χ4v) is 3.09. The molecule has 0 amide bonds. The Morgan fingerprint density at radius 2 is 1.55 bits per heavy atom. The van der Waals surface area contributed by atoms with Gasteiger partial charge in [-0.2, -0.15) is 0 Å². The molecule has 3 aliphatic rings. The van der Waals surface area contributed by atoms with E-state index in [-0.39, 0.29) is 0 Å². The Morgan fingerprint density at radius 3 is 1.90 bits per heavy atom. The molecule has 0 radical (unpaired) electrons. The first-order chi connectivity index (χ1) is 9.49. The van der Waals surface area contributed by atoms with Crippen LogP contribution in [0.4, 0.5) is 0 Å². The molecular weight excluding hydrogens is 264 g/mol. The first-order valence-electron chi connectivity index (χ1n) is 7.48. The third-order valence-corrected chi connectivity index (χ3v) is 4.71. The van der Waals surface area contributed by atoms with Gasteiger partial charge in [0.15, 0.2) is 6.29 Å². The number of ether oxygens (including phenoxy) is 1. The molecule has 5 N–H and O–H groups in total. The molecule has 1 spiro atoms. The Kier molecular flexibility index (Phi) is 5.39. The Labute approximate surface area is 119 Å². The van der Waals surface area contributed by atoms with E-state index in [0.717, 1.165) is 5.41 Å². The van der Waals surface area contributed by atoms with E-state index < -0.39 is 37.3 Å². The molecular formula is C14H26O6. The molecule has 1 saturated heterocycles. The van der Waals surface area contributed by atoms with E-state index in [9.17, 15) is 0 Å². The van der Waals surface area contributed by atoms with E-state index in [4.69, 9.17) is 25.5 Å². The van der Waals surface area contributed by atoms with Crippen LogP contribution in [0.5, 0.6) is 0 Å². The van der Waals surface area contributed by atoms with Crippen LogP contribution >= 0.6 is 0 Å². The predicted molar refractivity (Wildman–Crippen MR) is 70.7 cm³/mol. The first-order valence-corrected chi connectivity index (χ1v) is 7.48. The summed E-state index contributed by atoms with van der Waals surface area (Å²) in [7, 11) is 0. The van der Waals surface area contributed by atoms with Crippen LogP contribution < -0.4 is 0 Å². The number of aliphatic hydroxyl groups excluding tert-OH is 5. The van der Waals surface area contributed by atoms with Gasteiger partial charge in [-0.05, 0) is 31.1 Å². The fraction of sp³-hybridized carbons (Fsp3) is 1.00. The van der Waals surface area contributed by atoms with Gasteiger partial charge in [0.1, 0.15) is 24.4 Å². The molecule has 0 aromatic rings. The zero-order valence-corrected chi connectivity index (χ0v) is 11.7. The molecule has 2 saturated carbocycles. The van der Waals surface area contributed by atoms with Crippen LogP contribution in [0.25, 0.3) is 0 Å². The summed E-state index contributed by atoms with van der Waals surface area (Å²) in [5.74, 6) is 0. The van der Waals surface area contributed by atoms with Crippen molar-refractivity contribution in [2.45, 2.75) is 75.7 Å². The molecule has 1 heterocycles. The highest BCUT2D eigenvalue weighted by molar-refractivity contribution is 4.94. The molecule has 5 atom stereocenters. The predicted octanol–water partition coefficient (Wildman–Crippen LogP) is -0.491. The highest BCUT2D eigenvalue weighted by Crippen LogP contribution is 2.55.